The van der Waals surface area contributed by atoms with Crippen LogP contribution in [0.5, 0.6) is 17.2 Å². The van der Waals surface area contributed by atoms with Crippen LogP contribution in [0, 0.1) is 0 Å². The van der Waals surface area contributed by atoms with Gasteiger partial charge in [-0.1, -0.05) is 34.1 Å². The first-order valence-electron chi connectivity index (χ1n) is 10.8. The quantitative estimate of drug-likeness (QED) is 0.254. The monoisotopic (exact) mass is 538 g/mol. The fourth-order valence-corrected chi connectivity index (χ4v) is 3.87. The van der Waals surface area contributed by atoms with Gasteiger partial charge in [-0.3, -0.25) is 4.79 Å². The largest absolute Gasteiger partial charge is 0.493 e. The second kappa shape index (κ2) is 10.7. The molecule has 7 nitrogen and oxygen atoms in total. The Morgan fingerprint density at radius 2 is 1.69 bits per heavy atom. The summed E-state index contributed by atoms with van der Waals surface area (Å²) in [5, 5.41) is 0.304. The van der Waals surface area contributed by atoms with E-state index in [1.54, 1.807) is 43.3 Å². The van der Waals surface area contributed by atoms with Crippen LogP contribution in [0.25, 0.3) is 22.1 Å². The minimum absolute atomic E-state index is 0.0837. The third-order valence-corrected chi connectivity index (χ3v) is 5.84. The number of benzene rings is 3. The number of carbonyl (C=O) groups excluding carboxylic acids is 1. The topological polar surface area (TPSA) is 84.2 Å². The third-order valence-electron chi connectivity index (χ3n) is 5.32. The standard InChI is InChI=1S/C27H23BrO7/c1-4-33-27(30)26-24(17-7-12-21(31-2)23(13-17)32-3)25(29)20-11-10-19(14-22(20)35-26)34-15-16-5-8-18(28)9-6-16/h5-14H,4,15H2,1-3H3. The number of hydrogen-bond donors (Lipinski definition) is 0. The van der Waals surface area contributed by atoms with E-state index in [2.05, 4.69) is 15.9 Å². The Hall–Kier alpha value is -3.78. The van der Waals surface area contributed by atoms with E-state index >= 15 is 0 Å². The van der Waals surface area contributed by atoms with Crippen molar-refractivity contribution in [1.29, 1.82) is 0 Å². The zero-order valence-corrected chi connectivity index (χ0v) is 21.0. The molecule has 8 heteroatoms. The molecule has 0 radical (unpaired) electrons. The van der Waals surface area contributed by atoms with Gasteiger partial charge < -0.3 is 23.4 Å². The lowest BCUT2D eigenvalue weighted by atomic mass is 10.0. The second-order valence-corrected chi connectivity index (χ2v) is 8.41. The highest BCUT2D eigenvalue weighted by Crippen LogP contribution is 2.34. The number of ether oxygens (including phenoxy) is 4. The van der Waals surface area contributed by atoms with Crippen LogP contribution in [-0.4, -0.2) is 26.8 Å². The predicted molar refractivity (Wildman–Crippen MR) is 135 cm³/mol. The molecule has 4 rings (SSSR count). The number of fused-ring (bicyclic) bond motifs is 1. The molecule has 1 heterocycles. The van der Waals surface area contributed by atoms with Crippen LogP contribution >= 0.6 is 15.9 Å². The van der Waals surface area contributed by atoms with Gasteiger partial charge in [0.1, 0.15) is 17.9 Å². The highest BCUT2D eigenvalue weighted by Gasteiger charge is 2.24. The molecule has 35 heavy (non-hydrogen) atoms. The van der Waals surface area contributed by atoms with Crippen molar-refractivity contribution in [1.82, 2.24) is 0 Å². The summed E-state index contributed by atoms with van der Waals surface area (Å²) in [6.45, 7) is 2.14. The van der Waals surface area contributed by atoms with Gasteiger partial charge in [0.25, 0.3) is 0 Å². The van der Waals surface area contributed by atoms with Gasteiger partial charge in [0, 0.05) is 10.5 Å². The molecule has 0 aliphatic heterocycles. The Kier molecular flexibility index (Phi) is 7.41. The van der Waals surface area contributed by atoms with E-state index in [1.165, 1.54) is 14.2 Å². The van der Waals surface area contributed by atoms with Crippen molar-refractivity contribution in [3.8, 4) is 28.4 Å². The normalized spacial score (nSPS) is 10.7. The zero-order valence-electron chi connectivity index (χ0n) is 19.4. The molecule has 1 aromatic heterocycles. The summed E-state index contributed by atoms with van der Waals surface area (Å²) in [6, 6.07) is 17.6. The maximum Gasteiger partial charge on any atom is 0.375 e. The summed E-state index contributed by atoms with van der Waals surface area (Å²) in [5.41, 5.74) is 1.35. The zero-order chi connectivity index (χ0) is 24.9. The Labute approximate surface area is 210 Å². The average molecular weight is 539 g/mol. The molecule has 0 N–H and O–H groups in total. The van der Waals surface area contributed by atoms with E-state index in [4.69, 9.17) is 23.4 Å². The molecule has 0 unspecified atom stereocenters. The van der Waals surface area contributed by atoms with E-state index in [1.807, 2.05) is 24.3 Å². The SMILES string of the molecule is CCOC(=O)c1oc2cc(OCc3ccc(Br)cc3)ccc2c(=O)c1-c1ccc(OC)c(OC)c1. The molecule has 0 saturated carbocycles. The molecular weight excluding hydrogens is 516 g/mol. The van der Waals surface area contributed by atoms with Crippen molar-refractivity contribution in [3.05, 3.63) is 86.7 Å². The maximum absolute atomic E-state index is 13.5. The van der Waals surface area contributed by atoms with Crippen LogP contribution in [-0.2, 0) is 11.3 Å². The minimum atomic E-state index is -0.738. The molecule has 0 spiro atoms. The van der Waals surface area contributed by atoms with E-state index < -0.39 is 5.97 Å². The van der Waals surface area contributed by atoms with Gasteiger partial charge in [0.15, 0.2) is 11.5 Å². The van der Waals surface area contributed by atoms with Crippen molar-refractivity contribution in [3.63, 3.8) is 0 Å². The summed E-state index contributed by atoms with van der Waals surface area (Å²) in [7, 11) is 3.01. The fourth-order valence-electron chi connectivity index (χ4n) is 3.60. The van der Waals surface area contributed by atoms with Crippen LogP contribution in [0.15, 0.2) is 74.3 Å². The molecule has 3 aromatic carbocycles. The lowest BCUT2D eigenvalue weighted by Crippen LogP contribution is -2.15. The predicted octanol–water partition coefficient (Wildman–Crippen LogP) is 6.00. The Morgan fingerprint density at radius 3 is 2.37 bits per heavy atom. The first-order chi connectivity index (χ1) is 16.9. The smallest absolute Gasteiger partial charge is 0.375 e. The first-order valence-corrected chi connectivity index (χ1v) is 11.6. The van der Waals surface area contributed by atoms with Gasteiger partial charge in [-0.15, -0.1) is 0 Å². The lowest BCUT2D eigenvalue weighted by Gasteiger charge is -2.13. The molecule has 0 saturated heterocycles. The van der Waals surface area contributed by atoms with Crippen molar-refractivity contribution in [2.75, 3.05) is 20.8 Å². The molecule has 180 valence electrons. The number of halogens is 1. The van der Waals surface area contributed by atoms with E-state index in [-0.39, 0.29) is 28.9 Å². The average Bonchev–Trinajstić information content (AvgIpc) is 2.87. The van der Waals surface area contributed by atoms with Crippen molar-refractivity contribution < 1.29 is 28.2 Å². The lowest BCUT2D eigenvalue weighted by molar-refractivity contribution is 0.0492. The summed E-state index contributed by atoms with van der Waals surface area (Å²) in [6.07, 6.45) is 0. The fraction of sp³-hybridized carbons (Fsp3) is 0.185. The van der Waals surface area contributed by atoms with Crippen LogP contribution < -0.4 is 19.6 Å². The summed E-state index contributed by atoms with van der Waals surface area (Å²) < 4.78 is 28.6. The summed E-state index contributed by atoms with van der Waals surface area (Å²) >= 11 is 3.41. The van der Waals surface area contributed by atoms with Crippen molar-refractivity contribution in [2.24, 2.45) is 0 Å². The Balaban J connectivity index is 1.79. The van der Waals surface area contributed by atoms with Gasteiger partial charge >= 0.3 is 5.97 Å². The van der Waals surface area contributed by atoms with Gasteiger partial charge in [0.05, 0.1) is 31.8 Å². The van der Waals surface area contributed by atoms with Crippen LogP contribution in [0.2, 0.25) is 0 Å². The third kappa shape index (κ3) is 5.17. The van der Waals surface area contributed by atoms with Crippen molar-refractivity contribution >= 4 is 32.9 Å². The van der Waals surface area contributed by atoms with Crippen molar-refractivity contribution in [2.45, 2.75) is 13.5 Å². The highest BCUT2D eigenvalue weighted by molar-refractivity contribution is 9.10. The number of rotatable bonds is 8. The van der Waals surface area contributed by atoms with Crippen LogP contribution in [0.3, 0.4) is 0 Å². The molecule has 0 aliphatic rings. The molecule has 0 amide bonds. The summed E-state index contributed by atoms with van der Waals surface area (Å²) in [5.74, 6) is 0.471. The molecule has 0 bridgehead atoms. The molecule has 0 fully saturated rings. The Bertz CT molecular complexity index is 1420. The molecule has 4 aromatic rings. The minimum Gasteiger partial charge on any atom is -0.493 e. The maximum atomic E-state index is 13.5. The number of carbonyl (C=O) groups is 1. The van der Waals surface area contributed by atoms with E-state index in [0.717, 1.165) is 10.0 Å². The molecular formula is C27H23BrO7. The Morgan fingerprint density at radius 1 is 0.943 bits per heavy atom. The molecule has 0 atom stereocenters. The first kappa shape index (κ1) is 24.3. The number of methoxy groups -OCH3 is 2. The van der Waals surface area contributed by atoms with Crippen LogP contribution in [0.4, 0.5) is 0 Å². The van der Waals surface area contributed by atoms with Gasteiger partial charge in [-0.2, -0.15) is 0 Å². The van der Waals surface area contributed by atoms with E-state index in [9.17, 15) is 9.59 Å². The molecule has 0 aliphatic carbocycles. The van der Waals surface area contributed by atoms with Crippen LogP contribution in [0.1, 0.15) is 23.0 Å². The number of hydrogen-bond acceptors (Lipinski definition) is 7. The van der Waals surface area contributed by atoms with E-state index in [0.29, 0.717) is 34.8 Å². The highest BCUT2D eigenvalue weighted by atomic mass is 79.9. The van der Waals surface area contributed by atoms with Gasteiger partial charge in [-0.05, 0) is 54.4 Å². The number of esters is 1. The van der Waals surface area contributed by atoms with Gasteiger partial charge in [0.2, 0.25) is 11.2 Å². The summed E-state index contributed by atoms with van der Waals surface area (Å²) in [4.78, 5) is 26.3. The second-order valence-electron chi connectivity index (χ2n) is 7.50. The van der Waals surface area contributed by atoms with Gasteiger partial charge in [-0.25, -0.2) is 4.79 Å².